The van der Waals surface area contributed by atoms with Crippen LogP contribution in [-0.2, 0) is 28.5 Å². The SMILES string of the molecule is COC(=O)CCCCCC[C@@H]1[C@@H](CC2OCCO2)[C@H](OC2CCCCO2)C[C@@H]1O. The summed E-state index contributed by atoms with van der Waals surface area (Å²) in [4.78, 5) is 11.2. The number of hydrogen-bond donors (Lipinski definition) is 1. The van der Waals surface area contributed by atoms with Crippen LogP contribution in [-0.4, -0.2) is 62.8 Å². The van der Waals surface area contributed by atoms with E-state index >= 15 is 0 Å². The summed E-state index contributed by atoms with van der Waals surface area (Å²) < 4.78 is 28.2. The van der Waals surface area contributed by atoms with Gasteiger partial charge in [-0.3, -0.25) is 4.79 Å². The van der Waals surface area contributed by atoms with Crippen molar-refractivity contribution in [1.82, 2.24) is 0 Å². The highest BCUT2D eigenvalue weighted by Crippen LogP contribution is 2.42. The van der Waals surface area contributed by atoms with Gasteiger partial charge >= 0.3 is 5.97 Å². The molecule has 2 aliphatic heterocycles. The first-order valence-electron chi connectivity index (χ1n) is 11.4. The van der Waals surface area contributed by atoms with Gasteiger partial charge in [0.1, 0.15) is 0 Å². The molecule has 5 atom stereocenters. The number of aliphatic hydroxyl groups excluding tert-OH is 1. The molecule has 3 fully saturated rings. The van der Waals surface area contributed by atoms with Gasteiger partial charge in [0.15, 0.2) is 12.6 Å². The molecule has 0 aromatic carbocycles. The quantitative estimate of drug-likeness (QED) is 0.411. The molecule has 168 valence electrons. The van der Waals surface area contributed by atoms with Gasteiger partial charge in [-0.25, -0.2) is 0 Å². The number of rotatable bonds is 11. The highest BCUT2D eigenvalue weighted by Gasteiger charge is 2.45. The van der Waals surface area contributed by atoms with Crippen LogP contribution in [0.5, 0.6) is 0 Å². The van der Waals surface area contributed by atoms with E-state index in [1.54, 1.807) is 0 Å². The van der Waals surface area contributed by atoms with Crippen LogP contribution in [0.15, 0.2) is 0 Å². The molecule has 1 aliphatic carbocycles. The summed E-state index contributed by atoms with van der Waals surface area (Å²) >= 11 is 0. The van der Waals surface area contributed by atoms with Crippen LogP contribution in [0.4, 0.5) is 0 Å². The molecule has 0 aromatic rings. The fraction of sp³-hybridized carbons (Fsp3) is 0.955. The van der Waals surface area contributed by atoms with E-state index < -0.39 is 0 Å². The lowest BCUT2D eigenvalue weighted by molar-refractivity contribution is -0.200. The zero-order valence-electron chi connectivity index (χ0n) is 17.8. The van der Waals surface area contributed by atoms with Gasteiger partial charge in [0.25, 0.3) is 0 Å². The maximum absolute atomic E-state index is 11.2. The predicted octanol–water partition coefficient (Wildman–Crippen LogP) is 3.17. The van der Waals surface area contributed by atoms with Gasteiger partial charge in [0.2, 0.25) is 0 Å². The lowest BCUT2D eigenvalue weighted by Crippen LogP contribution is -2.33. The fourth-order valence-electron chi connectivity index (χ4n) is 4.92. The maximum atomic E-state index is 11.2. The molecular formula is C22H38O7. The van der Waals surface area contributed by atoms with Crippen LogP contribution in [0.1, 0.15) is 70.6 Å². The Bertz CT molecular complexity index is 474. The smallest absolute Gasteiger partial charge is 0.305 e. The van der Waals surface area contributed by atoms with Crippen molar-refractivity contribution < 1.29 is 33.6 Å². The first kappa shape index (κ1) is 22.9. The fourth-order valence-corrected chi connectivity index (χ4v) is 4.92. The van der Waals surface area contributed by atoms with E-state index in [2.05, 4.69) is 4.74 Å². The van der Waals surface area contributed by atoms with Crippen molar-refractivity contribution in [1.29, 1.82) is 0 Å². The summed E-state index contributed by atoms with van der Waals surface area (Å²) in [5.74, 6) is 0.267. The molecule has 2 saturated heterocycles. The number of aliphatic hydroxyl groups is 1. The Labute approximate surface area is 174 Å². The minimum atomic E-state index is -0.356. The Morgan fingerprint density at radius 2 is 1.79 bits per heavy atom. The minimum absolute atomic E-state index is 0.00905. The third-order valence-corrected chi connectivity index (χ3v) is 6.51. The van der Waals surface area contributed by atoms with E-state index in [1.165, 1.54) is 7.11 Å². The van der Waals surface area contributed by atoms with Crippen molar-refractivity contribution in [3.8, 4) is 0 Å². The van der Waals surface area contributed by atoms with E-state index in [0.717, 1.165) is 64.4 Å². The summed E-state index contributed by atoms with van der Waals surface area (Å²) in [6, 6.07) is 0. The van der Waals surface area contributed by atoms with Gasteiger partial charge in [-0.15, -0.1) is 0 Å². The number of ether oxygens (including phenoxy) is 5. The molecular weight excluding hydrogens is 376 g/mol. The van der Waals surface area contributed by atoms with E-state index in [9.17, 15) is 9.90 Å². The molecule has 0 aromatic heterocycles. The average molecular weight is 415 g/mol. The molecule has 3 rings (SSSR count). The highest BCUT2D eigenvalue weighted by molar-refractivity contribution is 5.68. The van der Waals surface area contributed by atoms with Gasteiger partial charge in [-0.2, -0.15) is 0 Å². The molecule has 0 amide bonds. The molecule has 0 radical (unpaired) electrons. The zero-order valence-corrected chi connectivity index (χ0v) is 17.8. The molecule has 1 N–H and O–H groups in total. The lowest BCUT2D eigenvalue weighted by Gasteiger charge is -2.31. The van der Waals surface area contributed by atoms with Gasteiger partial charge < -0.3 is 28.8 Å². The maximum Gasteiger partial charge on any atom is 0.305 e. The molecule has 7 nitrogen and oxygen atoms in total. The van der Waals surface area contributed by atoms with Crippen molar-refractivity contribution >= 4 is 5.97 Å². The van der Waals surface area contributed by atoms with Crippen LogP contribution in [0, 0.1) is 11.8 Å². The summed E-state index contributed by atoms with van der Waals surface area (Å²) in [6.45, 7) is 2.04. The Hall–Kier alpha value is -0.730. The van der Waals surface area contributed by atoms with Gasteiger partial charge in [-0.05, 0) is 43.9 Å². The number of hydrogen-bond acceptors (Lipinski definition) is 7. The van der Waals surface area contributed by atoms with E-state index in [-0.39, 0.29) is 42.6 Å². The monoisotopic (exact) mass is 414 g/mol. The zero-order chi connectivity index (χ0) is 20.5. The molecule has 1 unspecified atom stereocenters. The highest BCUT2D eigenvalue weighted by atomic mass is 16.7. The number of carbonyl (C=O) groups excluding carboxylic acids is 1. The Kier molecular flexibility index (Phi) is 9.66. The summed E-state index contributed by atoms with van der Waals surface area (Å²) in [5, 5.41) is 10.8. The Morgan fingerprint density at radius 1 is 1.00 bits per heavy atom. The van der Waals surface area contributed by atoms with Gasteiger partial charge in [-0.1, -0.05) is 19.3 Å². The summed E-state index contributed by atoms with van der Waals surface area (Å²) in [5.41, 5.74) is 0. The predicted molar refractivity (Wildman–Crippen MR) is 106 cm³/mol. The lowest BCUT2D eigenvalue weighted by atomic mass is 9.86. The third-order valence-electron chi connectivity index (χ3n) is 6.51. The largest absolute Gasteiger partial charge is 0.469 e. The van der Waals surface area contributed by atoms with Crippen molar-refractivity contribution in [2.45, 2.75) is 95.4 Å². The second-order valence-corrected chi connectivity index (χ2v) is 8.54. The molecule has 7 heteroatoms. The van der Waals surface area contributed by atoms with E-state index in [1.807, 2.05) is 0 Å². The van der Waals surface area contributed by atoms with Gasteiger partial charge in [0.05, 0.1) is 32.5 Å². The first-order chi connectivity index (χ1) is 14.2. The van der Waals surface area contributed by atoms with Crippen molar-refractivity contribution in [2.75, 3.05) is 26.9 Å². The molecule has 3 aliphatic rings. The molecule has 0 bridgehead atoms. The second-order valence-electron chi connectivity index (χ2n) is 8.54. The van der Waals surface area contributed by atoms with Gasteiger partial charge in [0, 0.05) is 25.9 Å². The number of methoxy groups -OCH3 is 1. The van der Waals surface area contributed by atoms with Crippen molar-refractivity contribution in [2.24, 2.45) is 11.8 Å². The van der Waals surface area contributed by atoms with Crippen LogP contribution in [0.2, 0.25) is 0 Å². The topological polar surface area (TPSA) is 83.5 Å². The van der Waals surface area contributed by atoms with Crippen LogP contribution in [0.25, 0.3) is 0 Å². The average Bonchev–Trinajstić information content (AvgIpc) is 3.34. The Morgan fingerprint density at radius 3 is 2.52 bits per heavy atom. The number of carbonyl (C=O) groups is 1. The van der Waals surface area contributed by atoms with Crippen molar-refractivity contribution in [3.05, 3.63) is 0 Å². The first-order valence-corrected chi connectivity index (χ1v) is 11.4. The molecule has 2 heterocycles. The number of unbranched alkanes of at least 4 members (excludes halogenated alkanes) is 3. The summed E-state index contributed by atoms with van der Waals surface area (Å²) in [7, 11) is 1.43. The van der Waals surface area contributed by atoms with E-state index in [4.69, 9.17) is 18.9 Å². The van der Waals surface area contributed by atoms with Crippen LogP contribution >= 0.6 is 0 Å². The molecule has 0 spiro atoms. The normalized spacial score (nSPS) is 33.2. The third kappa shape index (κ3) is 7.17. The molecule has 1 saturated carbocycles. The summed E-state index contributed by atoms with van der Waals surface area (Å²) in [6.07, 6.45) is 9.29. The standard InChI is InChI=1S/C22H38O7/c1-25-20(24)9-5-3-2-4-8-16-17(14-22-27-12-13-28-22)19(15-18(16)23)29-21-10-6-7-11-26-21/h16-19,21-23H,2-15H2,1H3/t16-,17-,18+,19-,21?/m1/s1. The minimum Gasteiger partial charge on any atom is -0.469 e. The van der Waals surface area contributed by atoms with Crippen molar-refractivity contribution in [3.63, 3.8) is 0 Å². The number of esters is 1. The van der Waals surface area contributed by atoms with E-state index in [0.29, 0.717) is 26.1 Å². The molecule has 29 heavy (non-hydrogen) atoms. The van der Waals surface area contributed by atoms with Crippen LogP contribution in [0.3, 0.4) is 0 Å². The second kappa shape index (κ2) is 12.2. The Balaban J connectivity index is 1.48. The van der Waals surface area contributed by atoms with Crippen LogP contribution < -0.4 is 0 Å².